The molecule has 0 N–H and O–H groups in total. The van der Waals surface area contributed by atoms with Crippen LogP contribution in [0.1, 0.15) is 44.5 Å². The highest BCUT2D eigenvalue weighted by atomic mass is 32.2. The van der Waals surface area contributed by atoms with Crippen molar-refractivity contribution >= 4 is 21.9 Å². The first-order valence-corrected chi connectivity index (χ1v) is 10.1. The number of fused-ring (bicyclic) bond motifs is 2. The highest BCUT2D eigenvalue weighted by molar-refractivity contribution is 7.89. The average molecular weight is 380 g/mol. The van der Waals surface area contributed by atoms with E-state index in [0.29, 0.717) is 18.5 Å². The number of hydrogen-bond donors (Lipinski definition) is 0. The Hall–Kier alpha value is -1.93. The largest absolute Gasteiger partial charge is 0.444 e. The predicted molar refractivity (Wildman–Crippen MR) is 95.5 cm³/mol. The van der Waals surface area contributed by atoms with Crippen molar-refractivity contribution in [2.24, 2.45) is 0 Å². The number of ether oxygens (including phenoxy) is 1. The molecule has 2 saturated heterocycles. The number of amides is 1. The van der Waals surface area contributed by atoms with Gasteiger partial charge in [0, 0.05) is 24.7 Å². The van der Waals surface area contributed by atoms with E-state index < -0.39 is 21.7 Å². The summed E-state index contributed by atoms with van der Waals surface area (Å²) in [6.07, 6.45) is 0.220. The maximum absolute atomic E-state index is 12.9. The van der Waals surface area contributed by atoms with Gasteiger partial charge >= 0.3 is 6.09 Å². The summed E-state index contributed by atoms with van der Waals surface area (Å²) in [6.45, 7) is 7.46. The van der Waals surface area contributed by atoms with Crippen LogP contribution in [0.25, 0.3) is 0 Å². The Morgan fingerprint density at radius 3 is 2.15 bits per heavy atom. The summed E-state index contributed by atoms with van der Waals surface area (Å²) in [6, 6.07) is 5.56. The minimum absolute atomic E-state index is 0.109. The molecule has 3 rings (SSSR count). The molecule has 7 nitrogen and oxygen atoms in total. The van der Waals surface area contributed by atoms with E-state index in [1.807, 2.05) is 0 Å². The van der Waals surface area contributed by atoms with Crippen LogP contribution in [-0.2, 0) is 14.8 Å². The Kier molecular flexibility index (Phi) is 4.60. The fraction of sp³-hybridized carbons (Fsp3) is 0.556. The minimum atomic E-state index is -3.65. The number of sulfonamides is 1. The van der Waals surface area contributed by atoms with Crippen molar-refractivity contribution in [2.75, 3.05) is 13.1 Å². The van der Waals surface area contributed by atoms with E-state index in [4.69, 9.17) is 4.74 Å². The zero-order chi connectivity index (χ0) is 19.3. The molecule has 2 atom stereocenters. The fourth-order valence-corrected chi connectivity index (χ4v) is 5.13. The molecule has 2 aliphatic rings. The number of Topliss-reactive ketones (excluding diaryl/α,β-unsaturated/α-hetero) is 1. The highest BCUT2D eigenvalue weighted by Crippen LogP contribution is 2.35. The quantitative estimate of drug-likeness (QED) is 0.751. The molecule has 2 aliphatic heterocycles. The number of hydrogen-bond acceptors (Lipinski definition) is 5. The van der Waals surface area contributed by atoms with Gasteiger partial charge in [0.05, 0.1) is 10.9 Å². The normalized spacial score (nSPS) is 23.3. The lowest BCUT2D eigenvalue weighted by Crippen LogP contribution is -2.51. The van der Waals surface area contributed by atoms with Gasteiger partial charge in [0.2, 0.25) is 10.0 Å². The van der Waals surface area contributed by atoms with E-state index >= 15 is 0 Å². The molecule has 0 radical (unpaired) electrons. The molecule has 2 unspecified atom stereocenters. The van der Waals surface area contributed by atoms with Crippen LogP contribution in [0.5, 0.6) is 0 Å². The van der Waals surface area contributed by atoms with Crippen molar-refractivity contribution in [1.29, 1.82) is 0 Å². The minimum Gasteiger partial charge on any atom is -0.444 e. The van der Waals surface area contributed by atoms with Crippen LogP contribution in [0, 0.1) is 0 Å². The molecule has 0 spiro atoms. The molecule has 0 aliphatic carbocycles. The summed E-state index contributed by atoms with van der Waals surface area (Å²) in [5.41, 5.74) is -0.105. The third-order valence-electron chi connectivity index (χ3n) is 4.69. The molecular weight excluding hydrogens is 356 g/mol. The molecule has 2 bridgehead atoms. The van der Waals surface area contributed by atoms with Crippen LogP contribution in [0.4, 0.5) is 4.79 Å². The molecule has 0 aromatic heterocycles. The highest BCUT2D eigenvalue weighted by Gasteiger charge is 2.50. The first-order chi connectivity index (χ1) is 12.0. The lowest BCUT2D eigenvalue weighted by atomic mass is 10.2. The summed E-state index contributed by atoms with van der Waals surface area (Å²) in [4.78, 5) is 25.4. The molecule has 0 saturated carbocycles. The van der Waals surface area contributed by atoms with Gasteiger partial charge in [0.25, 0.3) is 0 Å². The van der Waals surface area contributed by atoms with Crippen molar-refractivity contribution in [3.8, 4) is 0 Å². The molecule has 1 aromatic rings. The Morgan fingerprint density at radius 1 is 1.08 bits per heavy atom. The number of nitrogens with zero attached hydrogens (tertiary/aromatic N) is 2. The topological polar surface area (TPSA) is 84.0 Å². The molecule has 2 fully saturated rings. The van der Waals surface area contributed by atoms with Crippen LogP contribution in [0.3, 0.4) is 0 Å². The Labute approximate surface area is 154 Å². The van der Waals surface area contributed by atoms with Gasteiger partial charge in [-0.2, -0.15) is 4.31 Å². The number of ketones is 1. The first-order valence-electron chi connectivity index (χ1n) is 8.61. The second-order valence-electron chi connectivity index (χ2n) is 7.83. The summed E-state index contributed by atoms with van der Waals surface area (Å²) >= 11 is 0. The first kappa shape index (κ1) is 18.8. The number of carbonyl (C=O) groups excluding carboxylic acids is 2. The number of likely N-dealkylation sites (tertiary alicyclic amines) is 1. The maximum Gasteiger partial charge on any atom is 0.410 e. The summed E-state index contributed by atoms with van der Waals surface area (Å²) < 4.78 is 32.7. The van der Waals surface area contributed by atoms with Crippen LogP contribution >= 0.6 is 0 Å². The van der Waals surface area contributed by atoms with Gasteiger partial charge < -0.3 is 9.64 Å². The third-order valence-corrected chi connectivity index (χ3v) is 6.62. The monoisotopic (exact) mass is 380 g/mol. The SMILES string of the molecule is CC(=O)c1ccc(S(=O)(=O)N2CC3CC2CN3C(=O)OC(C)(C)C)cc1. The number of benzene rings is 1. The van der Waals surface area contributed by atoms with Crippen LogP contribution < -0.4 is 0 Å². The predicted octanol–water partition coefficient (Wildman–Crippen LogP) is 2.27. The average Bonchev–Trinajstić information content (AvgIpc) is 3.14. The zero-order valence-electron chi connectivity index (χ0n) is 15.4. The van der Waals surface area contributed by atoms with E-state index in [-0.39, 0.29) is 29.3 Å². The number of piperazine rings is 1. The molecule has 8 heteroatoms. The smallest absolute Gasteiger partial charge is 0.410 e. The maximum atomic E-state index is 12.9. The summed E-state index contributed by atoms with van der Waals surface area (Å²) in [5.74, 6) is -0.109. The molecule has 142 valence electrons. The zero-order valence-corrected chi connectivity index (χ0v) is 16.2. The molecular formula is C18H24N2O5S. The van der Waals surface area contributed by atoms with E-state index in [9.17, 15) is 18.0 Å². The van der Waals surface area contributed by atoms with E-state index in [1.54, 1.807) is 25.7 Å². The molecule has 1 aromatic carbocycles. The lowest BCUT2D eigenvalue weighted by molar-refractivity contribution is 0.0172. The van der Waals surface area contributed by atoms with Gasteiger partial charge in [0.15, 0.2) is 5.78 Å². The lowest BCUT2D eigenvalue weighted by Gasteiger charge is -2.34. The van der Waals surface area contributed by atoms with Gasteiger partial charge in [-0.3, -0.25) is 4.79 Å². The van der Waals surface area contributed by atoms with Gasteiger partial charge in [0.1, 0.15) is 5.60 Å². The van der Waals surface area contributed by atoms with E-state index in [2.05, 4.69) is 0 Å². The summed E-state index contributed by atoms with van der Waals surface area (Å²) in [5, 5.41) is 0. The van der Waals surface area contributed by atoms with Crippen molar-refractivity contribution in [2.45, 2.75) is 56.7 Å². The van der Waals surface area contributed by atoms with Gasteiger partial charge in [-0.25, -0.2) is 13.2 Å². The van der Waals surface area contributed by atoms with Crippen LogP contribution in [0.15, 0.2) is 29.2 Å². The fourth-order valence-electron chi connectivity index (χ4n) is 3.47. The van der Waals surface area contributed by atoms with Gasteiger partial charge in [-0.1, -0.05) is 12.1 Å². The Bertz CT molecular complexity index is 826. The van der Waals surface area contributed by atoms with Crippen molar-refractivity contribution in [1.82, 2.24) is 9.21 Å². The Balaban J connectivity index is 1.73. The van der Waals surface area contributed by atoms with Crippen molar-refractivity contribution in [3.05, 3.63) is 29.8 Å². The van der Waals surface area contributed by atoms with E-state index in [0.717, 1.165) is 0 Å². The van der Waals surface area contributed by atoms with Crippen molar-refractivity contribution in [3.63, 3.8) is 0 Å². The van der Waals surface area contributed by atoms with Gasteiger partial charge in [-0.15, -0.1) is 0 Å². The summed E-state index contributed by atoms with van der Waals surface area (Å²) in [7, 11) is -3.65. The van der Waals surface area contributed by atoms with E-state index in [1.165, 1.54) is 35.5 Å². The van der Waals surface area contributed by atoms with Crippen LogP contribution in [-0.4, -0.2) is 60.3 Å². The Morgan fingerprint density at radius 2 is 1.69 bits per heavy atom. The third kappa shape index (κ3) is 3.48. The number of rotatable bonds is 3. The van der Waals surface area contributed by atoms with Crippen LogP contribution in [0.2, 0.25) is 0 Å². The standard InChI is InChI=1S/C18H24N2O5S/c1-12(21)13-5-7-16(8-6-13)26(23,24)20-11-14-9-15(20)10-19(14)17(22)25-18(2,3)4/h5-8,14-15H,9-11H2,1-4H3. The second kappa shape index (κ2) is 6.35. The van der Waals surface area contributed by atoms with Gasteiger partial charge in [-0.05, 0) is 46.2 Å². The molecule has 26 heavy (non-hydrogen) atoms. The molecule has 1 amide bonds. The number of carbonyl (C=O) groups is 2. The molecule has 2 heterocycles. The van der Waals surface area contributed by atoms with Crippen molar-refractivity contribution < 1.29 is 22.7 Å². The second-order valence-corrected chi connectivity index (χ2v) is 9.72.